The van der Waals surface area contributed by atoms with Crippen LogP contribution >= 0.6 is 0 Å². The third-order valence-electron chi connectivity index (χ3n) is 4.86. The number of aliphatic hydroxyl groups is 1. The van der Waals surface area contributed by atoms with Crippen molar-refractivity contribution in [1.29, 1.82) is 5.26 Å². The molecule has 0 saturated carbocycles. The second-order valence-electron chi connectivity index (χ2n) is 6.01. The lowest BCUT2D eigenvalue weighted by atomic mass is 9.73. The van der Waals surface area contributed by atoms with Crippen LogP contribution in [0, 0.1) is 17.1 Å². The molecule has 106 valence electrons. The zero-order valence-corrected chi connectivity index (χ0v) is 11.5. The van der Waals surface area contributed by atoms with Crippen molar-refractivity contribution in [2.75, 3.05) is 7.05 Å². The third kappa shape index (κ3) is 2.09. The van der Waals surface area contributed by atoms with E-state index < -0.39 is 11.4 Å². The van der Waals surface area contributed by atoms with Crippen LogP contribution in [0.25, 0.3) is 0 Å². The normalized spacial score (nSPS) is 33.7. The minimum atomic E-state index is -1.02. The van der Waals surface area contributed by atoms with Gasteiger partial charge in [0.05, 0.1) is 5.60 Å². The van der Waals surface area contributed by atoms with Crippen LogP contribution in [0.4, 0.5) is 4.39 Å². The maximum absolute atomic E-state index is 13.7. The van der Waals surface area contributed by atoms with Crippen LogP contribution in [0.1, 0.15) is 43.4 Å². The van der Waals surface area contributed by atoms with E-state index in [-0.39, 0.29) is 5.69 Å². The van der Waals surface area contributed by atoms with Gasteiger partial charge in [-0.25, -0.2) is 9.37 Å². The highest BCUT2D eigenvalue weighted by Crippen LogP contribution is 2.43. The fourth-order valence-corrected chi connectivity index (χ4v) is 3.66. The molecule has 2 bridgehead atoms. The molecular weight excluding hydrogens is 257 g/mol. The lowest BCUT2D eigenvalue weighted by Gasteiger charge is -2.50. The van der Waals surface area contributed by atoms with Gasteiger partial charge in [0.1, 0.15) is 6.07 Å². The van der Waals surface area contributed by atoms with E-state index in [9.17, 15) is 9.50 Å². The molecule has 20 heavy (non-hydrogen) atoms. The molecule has 5 heteroatoms. The molecule has 2 saturated heterocycles. The van der Waals surface area contributed by atoms with Gasteiger partial charge in [0.25, 0.3) is 0 Å². The van der Waals surface area contributed by atoms with Crippen LogP contribution in [-0.2, 0) is 5.60 Å². The predicted molar refractivity (Wildman–Crippen MR) is 71.2 cm³/mol. The Hall–Kier alpha value is -1.51. The smallest absolute Gasteiger partial charge is 0.176 e. The molecule has 4 nitrogen and oxygen atoms in total. The number of nitrogens with zero attached hydrogens (tertiary/aromatic N) is 3. The van der Waals surface area contributed by atoms with E-state index in [1.165, 1.54) is 18.7 Å². The van der Waals surface area contributed by atoms with Crippen LogP contribution in [0.2, 0.25) is 0 Å². The fraction of sp³-hybridized carbons (Fsp3) is 0.600. The Labute approximate surface area is 117 Å². The Morgan fingerprint density at radius 2 is 2.10 bits per heavy atom. The predicted octanol–water partition coefficient (Wildman–Crippen LogP) is 1.93. The van der Waals surface area contributed by atoms with E-state index in [0.29, 0.717) is 30.5 Å². The summed E-state index contributed by atoms with van der Waals surface area (Å²) < 4.78 is 13.7. The number of nitriles is 1. The highest BCUT2D eigenvalue weighted by molar-refractivity contribution is 5.29. The van der Waals surface area contributed by atoms with Crippen molar-refractivity contribution < 1.29 is 9.50 Å². The minimum absolute atomic E-state index is 0.217. The third-order valence-corrected chi connectivity index (χ3v) is 4.86. The van der Waals surface area contributed by atoms with Crippen molar-refractivity contribution in [3.05, 3.63) is 29.3 Å². The Kier molecular flexibility index (Phi) is 3.23. The summed E-state index contributed by atoms with van der Waals surface area (Å²) in [6.07, 6.45) is 5.99. The molecular formula is C15H18FN3O. The monoisotopic (exact) mass is 275 g/mol. The Bertz CT molecular complexity index is 555. The maximum atomic E-state index is 13.7. The van der Waals surface area contributed by atoms with Gasteiger partial charge in [-0.2, -0.15) is 5.26 Å². The van der Waals surface area contributed by atoms with Gasteiger partial charge in [0.2, 0.25) is 0 Å². The van der Waals surface area contributed by atoms with Crippen molar-refractivity contribution in [3.63, 3.8) is 0 Å². The highest BCUT2D eigenvalue weighted by Gasteiger charge is 2.45. The lowest BCUT2D eigenvalue weighted by Crippen LogP contribution is -2.55. The second kappa shape index (κ2) is 4.80. The van der Waals surface area contributed by atoms with Gasteiger partial charge in [-0.1, -0.05) is 6.42 Å². The molecule has 2 fully saturated rings. The molecule has 1 aromatic heterocycles. The Balaban J connectivity index is 1.93. The van der Waals surface area contributed by atoms with Gasteiger partial charge < -0.3 is 10.0 Å². The maximum Gasteiger partial charge on any atom is 0.176 e. The number of pyridine rings is 1. The summed E-state index contributed by atoms with van der Waals surface area (Å²) in [6.45, 7) is 0. The topological polar surface area (TPSA) is 60.1 Å². The van der Waals surface area contributed by atoms with Gasteiger partial charge >= 0.3 is 0 Å². The molecule has 2 aliphatic rings. The molecule has 0 aliphatic carbocycles. The molecule has 0 aromatic carbocycles. The molecule has 1 N–H and O–H groups in total. The van der Waals surface area contributed by atoms with Gasteiger partial charge in [0.15, 0.2) is 11.5 Å². The zero-order valence-electron chi connectivity index (χ0n) is 11.5. The first-order valence-corrected chi connectivity index (χ1v) is 7.04. The quantitative estimate of drug-likeness (QED) is 0.850. The van der Waals surface area contributed by atoms with Crippen LogP contribution in [-0.4, -0.2) is 34.1 Å². The van der Waals surface area contributed by atoms with Gasteiger partial charge in [-0.15, -0.1) is 0 Å². The number of rotatable bonds is 1. The van der Waals surface area contributed by atoms with Gasteiger partial charge in [-0.3, -0.25) is 0 Å². The Morgan fingerprint density at radius 3 is 2.65 bits per heavy atom. The fourth-order valence-electron chi connectivity index (χ4n) is 3.66. The summed E-state index contributed by atoms with van der Waals surface area (Å²) in [5.74, 6) is -0.650. The standard InChI is InChI=1S/C15H18FN3O/c1-19-11-3-2-4-12(19)7-15(20,6-11)10-5-13(16)14(8-17)18-9-10/h5,9,11-12,20H,2-4,6-7H2,1H3. The summed E-state index contributed by atoms with van der Waals surface area (Å²) in [6, 6.07) is 3.66. The molecule has 3 heterocycles. The summed E-state index contributed by atoms with van der Waals surface area (Å²) in [4.78, 5) is 6.16. The first-order chi connectivity index (χ1) is 9.53. The summed E-state index contributed by atoms with van der Waals surface area (Å²) >= 11 is 0. The van der Waals surface area contributed by atoms with E-state index in [4.69, 9.17) is 5.26 Å². The molecule has 2 aliphatic heterocycles. The van der Waals surface area contributed by atoms with Crippen LogP contribution < -0.4 is 0 Å². The summed E-state index contributed by atoms with van der Waals surface area (Å²) in [7, 11) is 2.10. The zero-order chi connectivity index (χ0) is 14.3. The number of halogens is 1. The first kappa shape index (κ1) is 13.5. The summed E-state index contributed by atoms with van der Waals surface area (Å²) in [5, 5.41) is 19.7. The molecule has 2 atom stereocenters. The minimum Gasteiger partial charge on any atom is -0.385 e. The first-order valence-electron chi connectivity index (χ1n) is 7.04. The van der Waals surface area contributed by atoms with Crippen molar-refractivity contribution in [3.8, 4) is 6.07 Å². The van der Waals surface area contributed by atoms with Crippen molar-refractivity contribution in [2.45, 2.75) is 49.8 Å². The second-order valence-corrected chi connectivity index (χ2v) is 6.01. The number of hydrogen-bond acceptors (Lipinski definition) is 4. The molecule has 0 spiro atoms. The average molecular weight is 275 g/mol. The van der Waals surface area contributed by atoms with E-state index in [1.807, 2.05) is 0 Å². The van der Waals surface area contributed by atoms with Gasteiger partial charge in [0, 0.05) is 23.8 Å². The van der Waals surface area contributed by atoms with E-state index in [2.05, 4.69) is 16.9 Å². The lowest BCUT2D eigenvalue weighted by molar-refractivity contribution is -0.0877. The van der Waals surface area contributed by atoms with Crippen molar-refractivity contribution in [2.24, 2.45) is 0 Å². The number of hydrogen-bond donors (Lipinski definition) is 1. The van der Waals surface area contributed by atoms with E-state index in [1.54, 1.807) is 6.07 Å². The average Bonchev–Trinajstić information content (AvgIpc) is 2.41. The number of fused-ring (bicyclic) bond motifs is 2. The highest BCUT2D eigenvalue weighted by atomic mass is 19.1. The molecule has 0 radical (unpaired) electrons. The van der Waals surface area contributed by atoms with E-state index in [0.717, 1.165) is 12.8 Å². The molecule has 3 rings (SSSR count). The molecule has 0 amide bonds. The summed E-state index contributed by atoms with van der Waals surface area (Å²) in [5.41, 5.74) is -0.742. The van der Waals surface area contributed by atoms with Crippen LogP contribution in [0.5, 0.6) is 0 Å². The molecule has 1 aromatic rings. The largest absolute Gasteiger partial charge is 0.385 e. The van der Waals surface area contributed by atoms with Crippen LogP contribution in [0.15, 0.2) is 12.3 Å². The molecule has 2 unspecified atom stereocenters. The number of aromatic nitrogens is 1. The SMILES string of the molecule is CN1C2CCCC1CC(O)(c1cnc(C#N)c(F)c1)C2. The van der Waals surface area contributed by atoms with Crippen molar-refractivity contribution >= 4 is 0 Å². The van der Waals surface area contributed by atoms with Crippen LogP contribution in [0.3, 0.4) is 0 Å². The van der Waals surface area contributed by atoms with Gasteiger partial charge in [-0.05, 0) is 38.8 Å². The van der Waals surface area contributed by atoms with E-state index >= 15 is 0 Å². The number of piperidine rings is 2. The Morgan fingerprint density at radius 1 is 1.45 bits per heavy atom. The van der Waals surface area contributed by atoms with Crippen molar-refractivity contribution in [1.82, 2.24) is 9.88 Å².